The van der Waals surface area contributed by atoms with E-state index in [1.165, 1.54) is 12.1 Å². The third-order valence-electron chi connectivity index (χ3n) is 3.45. The molecule has 0 aliphatic rings. The lowest BCUT2D eigenvalue weighted by Gasteiger charge is -2.15. The van der Waals surface area contributed by atoms with Crippen molar-refractivity contribution in [1.82, 2.24) is 5.32 Å². The summed E-state index contributed by atoms with van der Waals surface area (Å²) < 4.78 is 30.0. The van der Waals surface area contributed by atoms with Gasteiger partial charge in [0.25, 0.3) is 5.91 Å². The molecular formula is C18H20N2O5S. The normalized spacial score (nSPS) is 12.1. The summed E-state index contributed by atoms with van der Waals surface area (Å²) in [6.45, 7) is 1.35. The maximum Gasteiger partial charge on any atom is 0.340 e. The zero-order chi connectivity index (χ0) is 19.2. The molecule has 0 saturated carbocycles. The van der Waals surface area contributed by atoms with Gasteiger partial charge >= 0.3 is 5.97 Å². The molecular weight excluding hydrogens is 356 g/mol. The molecule has 2 aromatic carbocycles. The van der Waals surface area contributed by atoms with E-state index in [9.17, 15) is 18.0 Å². The van der Waals surface area contributed by atoms with Gasteiger partial charge in [-0.3, -0.25) is 9.52 Å². The number of rotatable bonds is 7. The lowest BCUT2D eigenvalue weighted by molar-refractivity contribution is -0.124. The van der Waals surface area contributed by atoms with Crippen molar-refractivity contribution in [2.24, 2.45) is 0 Å². The van der Waals surface area contributed by atoms with Crippen LogP contribution in [0.3, 0.4) is 0 Å². The monoisotopic (exact) mass is 376 g/mol. The minimum absolute atomic E-state index is 0.0295. The number of carbonyl (C=O) groups excluding carboxylic acids is 2. The van der Waals surface area contributed by atoms with Gasteiger partial charge in [0.15, 0.2) is 6.61 Å². The highest BCUT2D eigenvalue weighted by Gasteiger charge is 2.17. The molecule has 0 fully saturated rings. The summed E-state index contributed by atoms with van der Waals surface area (Å²) in [6.07, 6.45) is 0.980. The Morgan fingerprint density at radius 2 is 1.65 bits per heavy atom. The van der Waals surface area contributed by atoms with Crippen LogP contribution in [-0.4, -0.2) is 33.2 Å². The summed E-state index contributed by atoms with van der Waals surface area (Å²) in [6, 6.07) is 15.1. The van der Waals surface area contributed by atoms with Crippen molar-refractivity contribution < 1.29 is 22.7 Å². The number of sulfonamides is 1. The lowest BCUT2D eigenvalue weighted by Crippen LogP contribution is -2.31. The van der Waals surface area contributed by atoms with Crippen molar-refractivity contribution in [3.8, 4) is 0 Å². The van der Waals surface area contributed by atoms with Gasteiger partial charge in [-0.2, -0.15) is 0 Å². The summed E-state index contributed by atoms with van der Waals surface area (Å²) in [4.78, 5) is 24.2. The second-order valence-electron chi connectivity index (χ2n) is 5.70. The van der Waals surface area contributed by atoms with E-state index >= 15 is 0 Å². The van der Waals surface area contributed by atoms with E-state index in [1.54, 1.807) is 12.1 Å². The fraction of sp³-hybridized carbons (Fsp3) is 0.222. The molecule has 0 heterocycles. The number of anilines is 1. The molecule has 0 aliphatic heterocycles. The molecule has 7 nitrogen and oxygen atoms in total. The molecule has 2 N–H and O–H groups in total. The van der Waals surface area contributed by atoms with Crippen LogP contribution in [-0.2, 0) is 19.6 Å². The van der Waals surface area contributed by atoms with Gasteiger partial charge in [-0.25, -0.2) is 13.2 Å². The number of amides is 1. The summed E-state index contributed by atoms with van der Waals surface area (Å²) >= 11 is 0. The molecule has 2 aromatic rings. The first-order valence-corrected chi connectivity index (χ1v) is 9.73. The van der Waals surface area contributed by atoms with Crippen LogP contribution in [0.1, 0.15) is 28.9 Å². The average Bonchev–Trinajstić information content (AvgIpc) is 2.59. The summed E-state index contributed by atoms with van der Waals surface area (Å²) in [5.74, 6) is -1.25. The van der Waals surface area contributed by atoms with Crippen molar-refractivity contribution in [3.63, 3.8) is 0 Å². The van der Waals surface area contributed by atoms with Gasteiger partial charge < -0.3 is 10.1 Å². The number of nitrogens with one attached hydrogen (secondary N) is 2. The molecule has 0 radical (unpaired) electrons. The molecule has 8 heteroatoms. The smallest absolute Gasteiger partial charge is 0.340 e. The van der Waals surface area contributed by atoms with Gasteiger partial charge in [-0.1, -0.05) is 42.5 Å². The highest BCUT2D eigenvalue weighted by molar-refractivity contribution is 7.92. The molecule has 138 valence electrons. The van der Waals surface area contributed by atoms with Crippen molar-refractivity contribution >= 4 is 27.6 Å². The molecule has 2 rings (SSSR count). The number of esters is 1. The molecule has 0 aromatic heterocycles. The number of ether oxygens (including phenoxy) is 1. The highest BCUT2D eigenvalue weighted by atomic mass is 32.2. The third kappa shape index (κ3) is 5.89. The van der Waals surface area contributed by atoms with Gasteiger partial charge in [-0.15, -0.1) is 0 Å². The van der Waals surface area contributed by atoms with E-state index < -0.39 is 28.5 Å². The molecule has 0 spiro atoms. The first kappa shape index (κ1) is 19.5. The van der Waals surface area contributed by atoms with E-state index in [0.29, 0.717) is 0 Å². The molecule has 1 amide bonds. The zero-order valence-corrected chi connectivity index (χ0v) is 15.2. The quantitative estimate of drug-likeness (QED) is 0.721. The van der Waals surface area contributed by atoms with Crippen molar-refractivity contribution in [2.45, 2.75) is 13.0 Å². The summed E-state index contributed by atoms with van der Waals surface area (Å²) in [5, 5.41) is 2.73. The van der Waals surface area contributed by atoms with E-state index in [-0.39, 0.29) is 17.3 Å². The Morgan fingerprint density at radius 3 is 2.31 bits per heavy atom. The van der Waals surface area contributed by atoms with Gasteiger partial charge in [-0.05, 0) is 24.6 Å². The van der Waals surface area contributed by atoms with Gasteiger partial charge in [0.1, 0.15) is 0 Å². The highest BCUT2D eigenvalue weighted by Crippen LogP contribution is 2.17. The second-order valence-corrected chi connectivity index (χ2v) is 7.44. The Bertz CT molecular complexity index is 881. The minimum atomic E-state index is -3.55. The number of para-hydroxylation sites is 1. The molecule has 1 atom stereocenters. The number of hydrogen-bond acceptors (Lipinski definition) is 5. The van der Waals surface area contributed by atoms with Crippen LogP contribution >= 0.6 is 0 Å². The molecule has 0 aliphatic carbocycles. The number of carbonyl (C=O) groups is 2. The first-order chi connectivity index (χ1) is 12.3. The Kier molecular flexibility index (Phi) is 6.35. The maximum absolute atomic E-state index is 12.2. The second kappa shape index (κ2) is 8.48. The maximum atomic E-state index is 12.2. The van der Waals surface area contributed by atoms with Crippen LogP contribution in [0.5, 0.6) is 0 Å². The van der Waals surface area contributed by atoms with Crippen molar-refractivity contribution in [2.75, 3.05) is 17.6 Å². The molecule has 0 saturated heterocycles. The third-order valence-corrected chi connectivity index (χ3v) is 4.04. The predicted molar refractivity (Wildman–Crippen MR) is 98.2 cm³/mol. The van der Waals surface area contributed by atoms with Crippen LogP contribution in [0.25, 0.3) is 0 Å². The van der Waals surface area contributed by atoms with Gasteiger partial charge in [0.2, 0.25) is 10.0 Å². The van der Waals surface area contributed by atoms with Gasteiger partial charge in [0.05, 0.1) is 23.5 Å². The molecule has 0 unspecified atom stereocenters. The SMILES string of the molecule is C[C@@H](NC(=O)COC(=O)c1ccccc1NS(C)(=O)=O)c1ccccc1. The Balaban J connectivity index is 1.95. The van der Waals surface area contributed by atoms with Crippen LogP contribution in [0, 0.1) is 0 Å². The Morgan fingerprint density at radius 1 is 1.04 bits per heavy atom. The van der Waals surface area contributed by atoms with E-state index in [1.807, 2.05) is 37.3 Å². The lowest BCUT2D eigenvalue weighted by atomic mass is 10.1. The van der Waals surface area contributed by atoms with E-state index in [0.717, 1.165) is 11.8 Å². The predicted octanol–water partition coefficient (Wildman–Crippen LogP) is 2.09. The zero-order valence-electron chi connectivity index (χ0n) is 14.4. The van der Waals surface area contributed by atoms with Crippen LogP contribution in [0.2, 0.25) is 0 Å². The van der Waals surface area contributed by atoms with Crippen LogP contribution < -0.4 is 10.0 Å². The van der Waals surface area contributed by atoms with Crippen molar-refractivity contribution in [1.29, 1.82) is 0 Å². The Labute approximate surface area is 152 Å². The fourth-order valence-electron chi connectivity index (χ4n) is 2.27. The number of benzene rings is 2. The standard InChI is InChI=1S/C18H20N2O5S/c1-13(14-8-4-3-5-9-14)19-17(21)12-25-18(22)15-10-6-7-11-16(15)20-26(2,23)24/h3-11,13,20H,12H2,1-2H3,(H,19,21)/t13-/m1/s1. The largest absolute Gasteiger partial charge is 0.452 e. The summed E-state index contributed by atoms with van der Waals surface area (Å²) in [7, 11) is -3.55. The minimum Gasteiger partial charge on any atom is -0.452 e. The van der Waals surface area contributed by atoms with Crippen molar-refractivity contribution in [3.05, 3.63) is 65.7 Å². The van der Waals surface area contributed by atoms with Gasteiger partial charge in [0, 0.05) is 0 Å². The fourth-order valence-corrected chi connectivity index (χ4v) is 2.84. The average molecular weight is 376 g/mol. The Hall–Kier alpha value is -2.87. The number of hydrogen-bond donors (Lipinski definition) is 2. The van der Waals surface area contributed by atoms with E-state index in [2.05, 4.69) is 10.0 Å². The molecule has 0 bridgehead atoms. The summed E-state index contributed by atoms with van der Waals surface area (Å²) in [5.41, 5.74) is 1.05. The van der Waals surface area contributed by atoms with Crippen LogP contribution in [0.4, 0.5) is 5.69 Å². The van der Waals surface area contributed by atoms with Crippen LogP contribution in [0.15, 0.2) is 54.6 Å². The molecule has 26 heavy (non-hydrogen) atoms. The topological polar surface area (TPSA) is 102 Å². The first-order valence-electron chi connectivity index (χ1n) is 7.84. The van der Waals surface area contributed by atoms with E-state index in [4.69, 9.17) is 4.74 Å².